The molecule has 4 rings (SSSR count). The number of aromatic nitrogens is 2. The van der Waals surface area contributed by atoms with Crippen LogP contribution >= 0.6 is 11.6 Å². The molecule has 0 aliphatic rings. The van der Waals surface area contributed by atoms with Crippen molar-refractivity contribution in [3.05, 3.63) is 77.1 Å². The summed E-state index contributed by atoms with van der Waals surface area (Å²) in [4.78, 5) is 11.8. The largest absolute Gasteiger partial charge is 0.369 e. The van der Waals surface area contributed by atoms with Gasteiger partial charge in [-0.15, -0.1) is 0 Å². The Hall–Kier alpha value is -2.95. The van der Waals surface area contributed by atoms with Crippen LogP contribution in [0.4, 0.5) is 5.82 Å². The molecule has 1 heterocycles. The minimum absolute atomic E-state index is 0.683. The number of halogens is 1. The highest BCUT2D eigenvalue weighted by atomic mass is 35.5. The molecule has 30 heavy (non-hydrogen) atoms. The Balaban J connectivity index is 1.70. The number of nitrogens with zero attached hydrogens (tertiary/aromatic N) is 3. The monoisotopic (exact) mass is 416 g/mol. The third-order valence-electron chi connectivity index (χ3n) is 4.95. The van der Waals surface area contributed by atoms with E-state index in [-0.39, 0.29) is 0 Å². The van der Waals surface area contributed by atoms with Crippen LogP contribution in [0.15, 0.2) is 60.7 Å². The lowest BCUT2D eigenvalue weighted by atomic mass is 10.1. The van der Waals surface area contributed by atoms with E-state index in [0.29, 0.717) is 5.82 Å². The Morgan fingerprint density at radius 1 is 0.933 bits per heavy atom. The van der Waals surface area contributed by atoms with Crippen molar-refractivity contribution in [2.45, 2.75) is 6.42 Å². The van der Waals surface area contributed by atoms with Gasteiger partial charge in [0.1, 0.15) is 5.82 Å². The van der Waals surface area contributed by atoms with Gasteiger partial charge in [0.25, 0.3) is 0 Å². The van der Waals surface area contributed by atoms with Crippen LogP contribution < -0.4 is 5.32 Å². The van der Waals surface area contributed by atoms with Crippen LogP contribution in [0.5, 0.6) is 0 Å². The van der Waals surface area contributed by atoms with Crippen molar-refractivity contribution in [1.82, 2.24) is 14.9 Å². The maximum Gasteiger partial charge on any atom is 0.154 e. The average Bonchev–Trinajstić information content (AvgIpc) is 2.74. The van der Waals surface area contributed by atoms with Gasteiger partial charge in [-0.05, 0) is 73.7 Å². The van der Waals surface area contributed by atoms with E-state index in [1.807, 2.05) is 36.4 Å². The molecule has 0 saturated carbocycles. The van der Waals surface area contributed by atoms with Gasteiger partial charge >= 0.3 is 0 Å². The van der Waals surface area contributed by atoms with Crippen LogP contribution in [-0.2, 0) is 0 Å². The normalized spacial score (nSPS) is 11.7. The van der Waals surface area contributed by atoms with Gasteiger partial charge in [-0.2, -0.15) is 0 Å². The average molecular weight is 417 g/mol. The zero-order chi connectivity index (χ0) is 20.9. The van der Waals surface area contributed by atoms with E-state index < -0.39 is 0 Å². The van der Waals surface area contributed by atoms with Gasteiger partial charge in [0.05, 0.1) is 5.52 Å². The molecule has 0 aliphatic carbocycles. The molecular weight excluding hydrogens is 392 g/mol. The van der Waals surface area contributed by atoms with E-state index in [1.54, 1.807) is 0 Å². The molecule has 0 aliphatic heterocycles. The number of benzene rings is 3. The van der Waals surface area contributed by atoms with Crippen LogP contribution in [0.25, 0.3) is 33.8 Å². The summed E-state index contributed by atoms with van der Waals surface area (Å²) in [5.41, 5.74) is 2.00. The van der Waals surface area contributed by atoms with E-state index in [4.69, 9.17) is 21.6 Å². The number of anilines is 1. The standard InChI is InChI=1S/C25H25ClN4/c1-30(2)15-5-14-27-25-22-16-19-6-3-4-7-20(19)17-23(22)28-24(29-25)13-10-18-8-11-21(26)12-9-18/h3-4,6-13,16-17H,5,14-15H2,1-2H3,(H,27,28,29). The fourth-order valence-corrected chi connectivity index (χ4v) is 3.52. The highest BCUT2D eigenvalue weighted by molar-refractivity contribution is 6.30. The molecule has 5 heteroatoms. The van der Waals surface area contributed by atoms with Gasteiger partial charge in [0, 0.05) is 17.0 Å². The van der Waals surface area contributed by atoms with Crippen molar-refractivity contribution >= 4 is 51.2 Å². The minimum Gasteiger partial charge on any atom is -0.369 e. The van der Waals surface area contributed by atoms with E-state index in [9.17, 15) is 0 Å². The molecule has 152 valence electrons. The first-order valence-electron chi connectivity index (χ1n) is 10.1. The van der Waals surface area contributed by atoms with Gasteiger partial charge in [-0.25, -0.2) is 9.97 Å². The first-order chi connectivity index (χ1) is 14.6. The number of fused-ring (bicyclic) bond motifs is 2. The third-order valence-corrected chi connectivity index (χ3v) is 5.20. The Morgan fingerprint density at radius 2 is 1.67 bits per heavy atom. The van der Waals surface area contributed by atoms with Crippen LogP contribution in [-0.4, -0.2) is 42.1 Å². The van der Waals surface area contributed by atoms with E-state index in [2.05, 4.69) is 60.7 Å². The molecule has 4 nitrogen and oxygen atoms in total. The molecule has 4 aromatic rings. The highest BCUT2D eigenvalue weighted by Gasteiger charge is 2.08. The van der Waals surface area contributed by atoms with Crippen molar-refractivity contribution in [2.75, 3.05) is 32.5 Å². The summed E-state index contributed by atoms with van der Waals surface area (Å²) in [6.07, 6.45) is 5.00. The maximum atomic E-state index is 5.98. The fourth-order valence-electron chi connectivity index (χ4n) is 3.39. The second kappa shape index (κ2) is 9.24. The molecule has 0 fully saturated rings. The second-order valence-corrected chi connectivity index (χ2v) is 8.05. The first kappa shape index (κ1) is 20.3. The smallest absolute Gasteiger partial charge is 0.154 e. The molecule has 1 N–H and O–H groups in total. The van der Waals surface area contributed by atoms with Crippen LogP contribution in [0.1, 0.15) is 17.8 Å². The van der Waals surface area contributed by atoms with Crippen LogP contribution in [0.2, 0.25) is 5.02 Å². The Bertz CT molecular complexity index is 1180. The quantitative estimate of drug-likeness (QED) is 0.297. The van der Waals surface area contributed by atoms with Crippen molar-refractivity contribution in [3.8, 4) is 0 Å². The fraction of sp³-hybridized carbons (Fsp3) is 0.200. The summed E-state index contributed by atoms with van der Waals surface area (Å²) in [6, 6.07) is 20.4. The van der Waals surface area contributed by atoms with Gasteiger partial charge < -0.3 is 10.2 Å². The third kappa shape index (κ3) is 4.96. The van der Waals surface area contributed by atoms with E-state index in [1.165, 1.54) is 10.8 Å². The second-order valence-electron chi connectivity index (χ2n) is 7.62. The summed E-state index contributed by atoms with van der Waals surface area (Å²) in [5.74, 6) is 1.56. The molecule has 0 amide bonds. The SMILES string of the molecule is CN(C)CCCNc1nc(C=Cc2ccc(Cl)cc2)nc2cc3ccccc3cc12. The molecule has 0 spiro atoms. The van der Waals surface area contributed by atoms with Crippen molar-refractivity contribution in [1.29, 1.82) is 0 Å². The summed E-state index contributed by atoms with van der Waals surface area (Å²) >= 11 is 5.98. The predicted molar refractivity (Wildman–Crippen MR) is 129 cm³/mol. The predicted octanol–water partition coefficient (Wildman–Crippen LogP) is 5.97. The zero-order valence-electron chi connectivity index (χ0n) is 17.3. The number of hydrogen-bond acceptors (Lipinski definition) is 4. The summed E-state index contributed by atoms with van der Waals surface area (Å²) in [6.45, 7) is 1.89. The maximum absolute atomic E-state index is 5.98. The van der Waals surface area contributed by atoms with Crippen LogP contribution in [0, 0.1) is 0 Å². The summed E-state index contributed by atoms with van der Waals surface area (Å²) in [5, 5.41) is 7.66. The molecule has 0 radical (unpaired) electrons. The number of hydrogen-bond donors (Lipinski definition) is 1. The zero-order valence-corrected chi connectivity index (χ0v) is 18.0. The molecule has 1 aromatic heterocycles. The Morgan fingerprint density at radius 3 is 2.40 bits per heavy atom. The lowest BCUT2D eigenvalue weighted by Crippen LogP contribution is -2.17. The topological polar surface area (TPSA) is 41.0 Å². The van der Waals surface area contributed by atoms with E-state index >= 15 is 0 Å². The minimum atomic E-state index is 0.683. The van der Waals surface area contributed by atoms with Gasteiger partial charge in [-0.3, -0.25) is 0 Å². The molecule has 0 bridgehead atoms. The lowest BCUT2D eigenvalue weighted by molar-refractivity contribution is 0.405. The molecule has 3 aromatic carbocycles. The van der Waals surface area contributed by atoms with E-state index in [0.717, 1.165) is 46.8 Å². The molecule has 0 saturated heterocycles. The van der Waals surface area contributed by atoms with Gasteiger partial charge in [0.2, 0.25) is 0 Å². The Labute approximate surface area is 182 Å². The first-order valence-corrected chi connectivity index (χ1v) is 10.5. The lowest BCUT2D eigenvalue weighted by Gasteiger charge is -2.13. The summed E-state index contributed by atoms with van der Waals surface area (Å²) in [7, 11) is 4.18. The van der Waals surface area contributed by atoms with Crippen LogP contribution in [0.3, 0.4) is 0 Å². The van der Waals surface area contributed by atoms with Crippen molar-refractivity contribution in [2.24, 2.45) is 0 Å². The number of nitrogens with one attached hydrogen (secondary N) is 1. The molecular formula is C25H25ClN4. The van der Waals surface area contributed by atoms with Gasteiger partial charge in [-0.1, -0.05) is 54.1 Å². The number of rotatable bonds is 7. The van der Waals surface area contributed by atoms with Gasteiger partial charge in [0.15, 0.2) is 5.82 Å². The summed E-state index contributed by atoms with van der Waals surface area (Å²) < 4.78 is 0. The molecule has 0 unspecified atom stereocenters. The highest BCUT2D eigenvalue weighted by Crippen LogP contribution is 2.27. The van der Waals surface area contributed by atoms with Crippen molar-refractivity contribution in [3.63, 3.8) is 0 Å². The molecule has 0 atom stereocenters. The van der Waals surface area contributed by atoms with Crippen molar-refractivity contribution < 1.29 is 0 Å². The Kier molecular flexibility index (Phi) is 6.26.